The number of nitrogens with one attached hydrogen (secondary N) is 1. The first-order valence-corrected chi connectivity index (χ1v) is 10.2. The molecule has 1 N–H and O–H groups in total. The van der Waals surface area contributed by atoms with Gasteiger partial charge in [0.2, 0.25) is 0 Å². The van der Waals surface area contributed by atoms with Gasteiger partial charge in [0, 0.05) is 19.6 Å². The summed E-state index contributed by atoms with van der Waals surface area (Å²) in [7, 11) is 0. The van der Waals surface area contributed by atoms with Crippen molar-refractivity contribution in [1.82, 2.24) is 19.7 Å². The van der Waals surface area contributed by atoms with Crippen LogP contribution in [-0.4, -0.2) is 44.6 Å². The number of hydrogen-bond acceptors (Lipinski definition) is 6. The molecule has 0 unspecified atom stereocenters. The lowest BCUT2D eigenvalue weighted by Gasteiger charge is -2.22. The van der Waals surface area contributed by atoms with E-state index in [-0.39, 0.29) is 22.0 Å². The maximum atomic E-state index is 13.3. The van der Waals surface area contributed by atoms with Crippen molar-refractivity contribution in [1.29, 1.82) is 0 Å². The van der Waals surface area contributed by atoms with Gasteiger partial charge < -0.3 is 4.90 Å². The second-order valence-electron chi connectivity index (χ2n) is 6.34. The summed E-state index contributed by atoms with van der Waals surface area (Å²) in [6.45, 7) is 7.19. The van der Waals surface area contributed by atoms with Gasteiger partial charge in [-0.15, -0.1) is 5.10 Å². The lowest BCUT2D eigenvalue weighted by molar-refractivity contribution is -0.121. The Balaban J connectivity index is 2.06. The minimum absolute atomic E-state index is 0.194. The number of anilines is 1. The lowest BCUT2D eigenvalue weighted by atomic mass is 10.3. The van der Waals surface area contributed by atoms with Crippen molar-refractivity contribution in [2.75, 3.05) is 18.0 Å². The van der Waals surface area contributed by atoms with Gasteiger partial charge in [0.15, 0.2) is 5.16 Å². The van der Waals surface area contributed by atoms with Gasteiger partial charge >= 0.3 is 5.69 Å². The Morgan fingerprint density at radius 3 is 2.31 bits per heavy atom. The van der Waals surface area contributed by atoms with E-state index in [1.807, 2.05) is 20.8 Å². The molecule has 3 rings (SSSR count). The van der Waals surface area contributed by atoms with E-state index in [0.717, 1.165) is 16.7 Å². The monoisotopic (exact) mass is 419 g/mol. The third-order valence-corrected chi connectivity index (χ3v) is 5.61. The summed E-state index contributed by atoms with van der Waals surface area (Å²) in [5.74, 6) is -1.46. The highest BCUT2D eigenvalue weighted by molar-refractivity contribution is 8.04. The molecule has 1 aliphatic rings. The van der Waals surface area contributed by atoms with E-state index < -0.39 is 17.6 Å². The van der Waals surface area contributed by atoms with Gasteiger partial charge in [-0.25, -0.2) is 19.2 Å². The molecule has 0 radical (unpaired) electrons. The van der Waals surface area contributed by atoms with Gasteiger partial charge in [-0.3, -0.25) is 14.2 Å². The van der Waals surface area contributed by atoms with Crippen molar-refractivity contribution < 1.29 is 14.0 Å². The number of carbonyl (C=O) groups is 2. The maximum absolute atomic E-state index is 13.3. The van der Waals surface area contributed by atoms with E-state index in [1.165, 1.54) is 28.8 Å². The summed E-state index contributed by atoms with van der Waals surface area (Å²) in [5, 5.41) is 6.73. The number of rotatable bonds is 8. The average Bonchev–Trinajstić information content (AvgIpc) is 3.17. The molecule has 2 heterocycles. The number of amides is 2. The molecule has 0 saturated carbocycles. The number of aromatic amines is 1. The second kappa shape index (κ2) is 8.64. The van der Waals surface area contributed by atoms with Crippen LogP contribution in [0.1, 0.15) is 27.2 Å². The number of halogens is 1. The fourth-order valence-corrected chi connectivity index (χ4v) is 4.18. The van der Waals surface area contributed by atoms with Gasteiger partial charge in [-0.05, 0) is 56.3 Å². The summed E-state index contributed by atoms with van der Waals surface area (Å²) >= 11 is 0.992. The van der Waals surface area contributed by atoms with Crippen molar-refractivity contribution in [3.63, 3.8) is 0 Å². The fourth-order valence-electron chi connectivity index (χ4n) is 3.13. The highest BCUT2D eigenvalue weighted by atomic mass is 32.2. The number of carbonyl (C=O) groups excluding carboxylic acids is 2. The first-order valence-electron chi connectivity index (χ1n) is 9.39. The van der Waals surface area contributed by atoms with Crippen LogP contribution in [-0.2, 0) is 16.1 Å². The molecule has 1 aliphatic heterocycles. The van der Waals surface area contributed by atoms with Crippen LogP contribution in [0.25, 0.3) is 0 Å². The molecule has 8 nitrogen and oxygen atoms in total. The molecule has 1 aromatic heterocycles. The Labute approximate surface area is 171 Å². The summed E-state index contributed by atoms with van der Waals surface area (Å²) in [4.78, 5) is 41.4. The Morgan fingerprint density at radius 2 is 1.72 bits per heavy atom. The predicted molar refractivity (Wildman–Crippen MR) is 108 cm³/mol. The summed E-state index contributed by atoms with van der Waals surface area (Å²) < 4.78 is 14.8. The van der Waals surface area contributed by atoms with E-state index in [9.17, 15) is 18.8 Å². The van der Waals surface area contributed by atoms with E-state index in [2.05, 4.69) is 10.2 Å². The van der Waals surface area contributed by atoms with Gasteiger partial charge in [0.05, 0.1) is 5.69 Å². The second-order valence-corrected chi connectivity index (χ2v) is 7.31. The van der Waals surface area contributed by atoms with Crippen molar-refractivity contribution in [3.8, 4) is 0 Å². The Kier molecular flexibility index (Phi) is 6.21. The van der Waals surface area contributed by atoms with Gasteiger partial charge in [-0.2, -0.15) is 0 Å². The van der Waals surface area contributed by atoms with E-state index in [0.29, 0.717) is 31.2 Å². The molecule has 2 amide bonds. The van der Waals surface area contributed by atoms with Gasteiger partial charge in [0.25, 0.3) is 11.8 Å². The van der Waals surface area contributed by atoms with Crippen LogP contribution in [0, 0.1) is 5.82 Å². The molecule has 29 heavy (non-hydrogen) atoms. The van der Waals surface area contributed by atoms with Crippen LogP contribution in [0.2, 0.25) is 0 Å². The fraction of sp³-hybridized carbons (Fsp3) is 0.368. The molecule has 2 aromatic rings. The van der Waals surface area contributed by atoms with Gasteiger partial charge in [0.1, 0.15) is 16.4 Å². The zero-order valence-electron chi connectivity index (χ0n) is 16.4. The van der Waals surface area contributed by atoms with Crippen molar-refractivity contribution in [3.05, 3.63) is 51.2 Å². The zero-order valence-corrected chi connectivity index (χ0v) is 17.3. The molecular weight excluding hydrogens is 397 g/mol. The van der Waals surface area contributed by atoms with E-state index in [4.69, 9.17) is 0 Å². The number of nitrogens with zero attached hydrogens (tertiary/aromatic N) is 4. The van der Waals surface area contributed by atoms with E-state index in [1.54, 1.807) is 4.90 Å². The number of imide groups is 1. The number of aromatic nitrogens is 3. The van der Waals surface area contributed by atoms with Crippen molar-refractivity contribution in [2.24, 2.45) is 0 Å². The third-order valence-electron chi connectivity index (χ3n) is 4.55. The quantitative estimate of drug-likeness (QED) is 0.661. The minimum atomic E-state index is -0.521. The first kappa shape index (κ1) is 20.8. The highest BCUT2D eigenvalue weighted by Gasteiger charge is 2.42. The van der Waals surface area contributed by atoms with Crippen LogP contribution < -0.4 is 10.6 Å². The number of thioether (sulfide) groups is 1. The Bertz CT molecular complexity index is 1010. The number of likely N-dealkylation sites (N-methyl/N-ethyl adjacent to an activating group) is 1. The smallest absolute Gasteiger partial charge is 0.343 e. The zero-order chi connectivity index (χ0) is 21.1. The highest BCUT2D eigenvalue weighted by Crippen LogP contribution is 2.37. The number of hydrogen-bond donors (Lipinski definition) is 1. The molecule has 0 fully saturated rings. The number of H-pyrrole nitrogens is 1. The summed E-state index contributed by atoms with van der Waals surface area (Å²) in [6.07, 6.45) is 0.712. The van der Waals surface area contributed by atoms with Crippen molar-refractivity contribution in [2.45, 2.75) is 38.9 Å². The SMILES string of the molecule is CCCn1c(SC2=C(N(CC)CC)C(=O)N(c3ccc(F)cc3)C2=O)n[nH]c1=O. The largest absolute Gasteiger partial charge is 0.367 e. The molecule has 10 heteroatoms. The molecule has 154 valence electrons. The predicted octanol–water partition coefficient (Wildman–Crippen LogP) is 2.34. The molecule has 0 saturated heterocycles. The average molecular weight is 419 g/mol. The first-order chi connectivity index (χ1) is 13.9. The van der Waals surface area contributed by atoms with Crippen LogP contribution in [0.4, 0.5) is 10.1 Å². The Morgan fingerprint density at radius 1 is 1.07 bits per heavy atom. The molecule has 0 spiro atoms. The lowest BCUT2D eigenvalue weighted by Crippen LogP contribution is -2.35. The molecule has 0 bridgehead atoms. The van der Waals surface area contributed by atoms with Crippen LogP contribution in [0.15, 0.2) is 44.8 Å². The summed E-state index contributed by atoms with van der Waals surface area (Å²) in [6, 6.07) is 5.18. The third kappa shape index (κ3) is 3.84. The standard InChI is InChI=1S/C19H22FN5O3S/c1-4-11-24-18(28)21-22-19(24)29-15-14(23(5-2)6-3)16(26)25(17(15)27)13-9-7-12(20)8-10-13/h7-10H,4-6,11H2,1-3H3,(H,21,28). The molecule has 1 aromatic carbocycles. The van der Waals surface area contributed by atoms with E-state index >= 15 is 0 Å². The topological polar surface area (TPSA) is 91.3 Å². The maximum Gasteiger partial charge on any atom is 0.343 e. The molecular formula is C19H22FN5O3S. The van der Waals surface area contributed by atoms with Gasteiger partial charge in [-0.1, -0.05) is 6.92 Å². The van der Waals surface area contributed by atoms with Crippen LogP contribution in [0.3, 0.4) is 0 Å². The number of benzene rings is 1. The van der Waals surface area contributed by atoms with Crippen LogP contribution in [0.5, 0.6) is 0 Å². The Hall–Kier alpha value is -2.88. The minimum Gasteiger partial charge on any atom is -0.367 e. The normalized spacial score (nSPS) is 14.3. The summed E-state index contributed by atoms with van der Waals surface area (Å²) in [5.41, 5.74) is 0.175. The van der Waals surface area contributed by atoms with Crippen LogP contribution >= 0.6 is 11.8 Å². The van der Waals surface area contributed by atoms with Crippen molar-refractivity contribution >= 4 is 29.3 Å². The molecule has 0 aliphatic carbocycles. The molecule has 0 atom stereocenters.